The lowest BCUT2D eigenvalue weighted by molar-refractivity contribution is -0.115. The van der Waals surface area contributed by atoms with Gasteiger partial charge in [-0.15, -0.1) is 11.3 Å². The highest BCUT2D eigenvalue weighted by Gasteiger charge is 2.24. The molecule has 5 heteroatoms. The molecule has 1 aliphatic carbocycles. The van der Waals surface area contributed by atoms with Crippen LogP contribution in [-0.2, 0) is 24.1 Å². The van der Waals surface area contributed by atoms with Crippen LogP contribution in [0.5, 0.6) is 0 Å². The number of hydrogen-bond acceptors (Lipinski definition) is 3. The second-order valence-electron chi connectivity index (χ2n) is 7.55. The maximum Gasteiger partial charge on any atom is 0.339 e. The second kappa shape index (κ2) is 10.4. The van der Waals surface area contributed by atoms with Gasteiger partial charge in [0, 0.05) is 4.88 Å². The molecule has 0 saturated carbocycles. The predicted molar refractivity (Wildman–Crippen MR) is 114 cm³/mol. The third-order valence-corrected chi connectivity index (χ3v) is 6.55. The number of fused-ring (bicyclic) bond motifs is 1. The Morgan fingerprint density at radius 2 is 1.50 bits per heavy atom. The number of benzene rings is 1. The molecule has 1 heterocycles. The molecule has 2 aromatic rings. The van der Waals surface area contributed by atoms with Crippen LogP contribution in [0, 0.1) is 0 Å². The van der Waals surface area contributed by atoms with Gasteiger partial charge in [0.1, 0.15) is 5.00 Å². The standard InChI is InChI=1S/C23H29NO3S/c25-20(16-17-12-8-7-9-13-17)24-22-21(23(26)27)18-14-10-5-3-1-2-4-6-11-15-19(18)28-22/h7-9,12-13H,1-6,10-11,14-16H2,(H,24,25)(H,26,27). The molecule has 150 valence electrons. The molecule has 4 nitrogen and oxygen atoms in total. The number of carboxylic acids is 1. The molecule has 0 bridgehead atoms. The fraction of sp³-hybridized carbons (Fsp3) is 0.478. The van der Waals surface area contributed by atoms with E-state index in [0.717, 1.165) is 48.1 Å². The highest BCUT2D eigenvalue weighted by molar-refractivity contribution is 7.17. The lowest BCUT2D eigenvalue weighted by Crippen LogP contribution is -2.16. The van der Waals surface area contributed by atoms with E-state index in [9.17, 15) is 14.7 Å². The van der Waals surface area contributed by atoms with Gasteiger partial charge in [-0.05, 0) is 36.8 Å². The molecule has 1 amide bonds. The first kappa shape index (κ1) is 20.6. The van der Waals surface area contributed by atoms with Gasteiger partial charge in [-0.3, -0.25) is 4.79 Å². The van der Waals surface area contributed by atoms with Crippen LogP contribution in [0.25, 0.3) is 0 Å². The van der Waals surface area contributed by atoms with Gasteiger partial charge in [0.05, 0.1) is 12.0 Å². The van der Waals surface area contributed by atoms with E-state index in [0.29, 0.717) is 10.6 Å². The summed E-state index contributed by atoms with van der Waals surface area (Å²) in [6.07, 6.45) is 11.5. The number of anilines is 1. The van der Waals surface area contributed by atoms with Crippen molar-refractivity contribution in [3.63, 3.8) is 0 Å². The van der Waals surface area contributed by atoms with E-state index in [1.807, 2.05) is 30.3 Å². The molecular weight excluding hydrogens is 370 g/mol. The Morgan fingerprint density at radius 3 is 2.14 bits per heavy atom. The number of nitrogens with one attached hydrogen (secondary N) is 1. The van der Waals surface area contributed by atoms with Gasteiger partial charge in [0.15, 0.2) is 0 Å². The molecule has 0 saturated heterocycles. The first-order valence-corrected chi connectivity index (χ1v) is 11.2. The van der Waals surface area contributed by atoms with E-state index < -0.39 is 5.97 Å². The van der Waals surface area contributed by atoms with E-state index >= 15 is 0 Å². The summed E-state index contributed by atoms with van der Waals surface area (Å²) >= 11 is 1.47. The third-order valence-electron chi connectivity index (χ3n) is 5.35. The first-order chi connectivity index (χ1) is 13.6. The molecule has 1 aliphatic rings. The molecule has 1 aromatic heterocycles. The number of aryl methyl sites for hydroxylation is 1. The van der Waals surface area contributed by atoms with E-state index in [1.165, 1.54) is 43.4 Å². The molecule has 28 heavy (non-hydrogen) atoms. The lowest BCUT2D eigenvalue weighted by atomic mass is 9.97. The smallest absolute Gasteiger partial charge is 0.339 e. The average Bonchev–Trinajstić information content (AvgIpc) is 2.99. The third kappa shape index (κ3) is 5.68. The highest BCUT2D eigenvalue weighted by Crippen LogP contribution is 2.36. The predicted octanol–water partition coefficient (Wildman–Crippen LogP) is 5.85. The van der Waals surface area contributed by atoms with E-state index in [1.54, 1.807) is 0 Å². The van der Waals surface area contributed by atoms with Crippen molar-refractivity contribution in [3.05, 3.63) is 51.9 Å². The number of thiophene rings is 1. The molecule has 3 rings (SSSR count). The van der Waals surface area contributed by atoms with Crippen molar-refractivity contribution >= 4 is 28.2 Å². The zero-order valence-corrected chi connectivity index (χ0v) is 17.2. The Hall–Kier alpha value is -2.14. The Morgan fingerprint density at radius 1 is 0.893 bits per heavy atom. The highest BCUT2D eigenvalue weighted by atomic mass is 32.1. The van der Waals surface area contributed by atoms with Gasteiger partial charge in [-0.25, -0.2) is 4.79 Å². The number of carbonyl (C=O) groups is 2. The molecule has 0 fully saturated rings. The molecule has 0 radical (unpaired) electrons. The van der Waals surface area contributed by atoms with Gasteiger partial charge in [0.25, 0.3) is 0 Å². The summed E-state index contributed by atoms with van der Waals surface area (Å²) in [5.74, 6) is -1.09. The Balaban J connectivity index is 1.80. The summed E-state index contributed by atoms with van der Waals surface area (Å²) < 4.78 is 0. The summed E-state index contributed by atoms with van der Waals surface area (Å²) in [6.45, 7) is 0. The van der Waals surface area contributed by atoms with E-state index in [4.69, 9.17) is 0 Å². The fourth-order valence-corrected chi connectivity index (χ4v) is 5.19. The van der Waals surface area contributed by atoms with Crippen LogP contribution < -0.4 is 5.32 Å². The van der Waals surface area contributed by atoms with Crippen LogP contribution in [0.2, 0.25) is 0 Å². The topological polar surface area (TPSA) is 66.4 Å². The van der Waals surface area contributed by atoms with Gasteiger partial charge >= 0.3 is 5.97 Å². The summed E-state index contributed by atoms with van der Waals surface area (Å²) in [5, 5.41) is 13.3. The SMILES string of the molecule is O=C(Cc1ccccc1)Nc1sc2c(c1C(=O)O)CCCCCCCCCC2. The van der Waals surface area contributed by atoms with Crippen molar-refractivity contribution in [2.24, 2.45) is 0 Å². The van der Waals surface area contributed by atoms with Crippen LogP contribution in [-0.4, -0.2) is 17.0 Å². The minimum atomic E-state index is -0.931. The molecule has 0 spiro atoms. The first-order valence-electron chi connectivity index (χ1n) is 10.4. The molecule has 0 unspecified atom stereocenters. The van der Waals surface area contributed by atoms with Gasteiger partial charge in [-0.2, -0.15) is 0 Å². The number of carbonyl (C=O) groups excluding carboxylic acids is 1. The minimum absolute atomic E-state index is 0.161. The Kier molecular flexibility index (Phi) is 7.66. The monoisotopic (exact) mass is 399 g/mol. The number of aromatic carboxylic acids is 1. The molecular formula is C23H29NO3S. The molecule has 1 aromatic carbocycles. The second-order valence-corrected chi connectivity index (χ2v) is 8.66. The van der Waals surface area contributed by atoms with Crippen molar-refractivity contribution in [3.8, 4) is 0 Å². The van der Waals surface area contributed by atoms with Crippen LogP contribution >= 0.6 is 11.3 Å². The zero-order valence-electron chi connectivity index (χ0n) is 16.3. The number of hydrogen-bond donors (Lipinski definition) is 2. The van der Waals surface area contributed by atoms with Crippen LogP contribution in [0.1, 0.15) is 77.7 Å². The largest absolute Gasteiger partial charge is 0.478 e. The number of amides is 1. The molecule has 2 N–H and O–H groups in total. The van der Waals surface area contributed by atoms with Crippen molar-refractivity contribution in [1.29, 1.82) is 0 Å². The van der Waals surface area contributed by atoms with Gasteiger partial charge in [-0.1, -0.05) is 68.9 Å². The Labute approximate surface area is 171 Å². The van der Waals surface area contributed by atoms with E-state index in [2.05, 4.69) is 5.32 Å². The Bertz CT molecular complexity index is 798. The van der Waals surface area contributed by atoms with Crippen LogP contribution in [0.4, 0.5) is 5.00 Å². The van der Waals surface area contributed by atoms with Gasteiger partial charge in [0.2, 0.25) is 5.91 Å². The lowest BCUT2D eigenvalue weighted by Gasteiger charge is -2.09. The quantitative estimate of drug-likeness (QED) is 0.678. The van der Waals surface area contributed by atoms with Crippen molar-refractivity contribution in [1.82, 2.24) is 0 Å². The van der Waals surface area contributed by atoms with Crippen molar-refractivity contribution in [2.45, 2.75) is 70.6 Å². The van der Waals surface area contributed by atoms with E-state index in [-0.39, 0.29) is 12.3 Å². The molecule has 0 aliphatic heterocycles. The minimum Gasteiger partial charge on any atom is -0.478 e. The van der Waals surface area contributed by atoms with Crippen LogP contribution in [0.15, 0.2) is 30.3 Å². The number of rotatable bonds is 4. The summed E-state index contributed by atoms with van der Waals surface area (Å²) in [6, 6.07) is 9.53. The number of carboxylic acid groups (broad SMARTS) is 1. The summed E-state index contributed by atoms with van der Waals surface area (Å²) in [7, 11) is 0. The fourth-order valence-electron chi connectivity index (χ4n) is 3.89. The van der Waals surface area contributed by atoms with Crippen molar-refractivity contribution in [2.75, 3.05) is 5.32 Å². The van der Waals surface area contributed by atoms with Crippen molar-refractivity contribution < 1.29 is 14.7 Å². The molecule has 0 atom stereocenters. The normalized spacial score (nSPS) is 15.7. The summed E-state index contributed by atoms with van der Waals surface area (Å²) in [5.41, 5.74) is 2.19. The maximum absolute atomic E-state index is 12.5. The van der Waals surface area contributed by atoms with Gasteiger partial charge < -0.3 is 10.4 Å². The summed E-state index contributed by atoms with van der Waals surface area (Å²) in [4.78, 5) is 25.7. The average molecular weight is 400 g/mol. The zero-order chi connectivity index (χ0) is 19.8. The maximum atomic E-state index is 12.5. The van der Waals surface area contributed by atoms with Crippen LogP contribution in [0.3, 0.4) is 0 Å².